The number of aryl methyl sites for hydroxylation is 3. The van der Waals surface area contributed by atoms with Crippen molar-refractivity contribution < 1.29 is 4.79 Å². The summed E-state index contributed by atoms with van der Waals surface area (Å²) in [5, 5.41) is 13.6. The molecule has 158 valence electrons. The first-order valence-electron chi connectivity index (χ1n) is 10.6. The molecule has 4 rings (SSSR count). The SMILES string of the molecule is Cc1cccc(Cn2cc(/C=C(/C#N)C(=O)Nc3ccc(C)cc3C)c3ccccc32)c1. The Morgan fingerprint density at radius 2 is 1.78 bits per heavy atom. The topological polar surface area (TPSA) is 57.8 Å². The number of nitrogens with one attached hydrogen (secondary N) is 1. The lowest BCUT2D eigenvalue weighted by atomic mass is 10.1. The quantitative estimate of drug-likeness (QED) is 0.311. The van der Waals surface area contributed by atoms with Crippen molar-refractivity contribution in [2.75, 3.05) is 5.32 Å². The number of anilines is 1. The second-order valence-electron chi connectivity index (χ2n) is 8.16. The van der Waals surface area contributed by atoms with Gasteiger partial charge in [0.05, 0.1) is 0 Å². The van der Waals surface area contributed by atoms with Crippen molar-refractivity contribution >= 4 is 28.6 Å². The average Bonchev–Trinajstić information content (AvgIpc) is 3.11. The number of rotatable bonds is 5. The van der Waals surface area contributed by atoms with Gasteiger partial charge in [-0.25, -0.2) is 0 Å². The van der Waals surface area contributed by atoms with E-state index in [1.807, 2.05) is 56.4 Å². The maximum atomic E-state index is 12.8. The lowest BCUT2D eigenvalue weighted by molar-refractivity contribution is -0.112. The van der Waals surface area contributed by atoms with E-state index in [2.05, 4.69) is 53.2 Å². The molecule has 4 aromatic rings. The van der Waals surface area contributed by atoms with Crippen LogP contribution in [0.5, 0.6) is 0 Å². The van der Waals surface area contributed by atoms with Crippen molar-refractivity contribution in [3.05, 3.63) is 106 Å². The molecule has 0 radical (unpaired) electrons. The van der Waals surface area contributed by atoms with E-state index in [4.69, 9.17) is 0 Å². The van der Waals surface area contributed by atoms with Crippen molar-refractivity contribution in [3.8, 4) is 6.07 Å². The molecule has 0 aliphatic carbocycles. The zero-order valence-corrected chi connectivity index (χ0v) is 18.5. The van der Waals surface area contributed by atoms with Crippen LogP contribution in [0.2, 0.25) is 0 Å². The molecule has 1 heterocycles. The van der Waals surface area contributed by atoms with Gasteiger partial charge < -0.3 is 9.88 Å². The van der Waals surface area contributed by atoms with Gasteiger partial charge in [0.1, 0.15) is 11.6 Å². The van der Waals surface area contributed by atoms with Crippen LogP contribution in [0.15, 0.2) is 78.5 Å². The first-order chi connectivity index (χ1) is 15.4. The zero-order valence-electron chi connectivity index (χ0n) is 18.5. The third-order valence-corrected chi connectivity index (χ3v) is 5.55. The van der Waals surface area contributed by atoms with E-state index in [0.29, 0.717) is 12.2 Å². The van der Waals surface area contributed by atoms with E-state index in [1.54, 1.807) is 6.08 Å². The Balaban J connectivity index is 1.68. The normalized spacial score (nSPS) is 11.4. The summed E-state index contributed by atoms with van der Waals surface area (Å²) in [6, 6.07) is 24.4. The molecule has 0 aliphatic rings. The smallest absolute Gasteiger partial charge is 0.266 e. The fourth-order valence-electron chi connectivity index (χ4n) is 3.98. The molecular formula is C28H25N3O. The van der Waals surface area contributed by atoms with Crippen LogP contribution in [0.4, 0.5) is 5.69 Å². The molecular weight excluding hydrogens is 394 g/mol. The van der Waals surface area contributed by atoms with E-state index in [-0.39, 0.29) is 5.57 Å². The standard InChI is InChI=1S/C28H25N3O/c1-19-7-6-8-22(14-19)17-31-18-24(25-9-4-5-10-27(25)31)15-23(16-29)28(32)30-26-12-11-20(2)13-21(26)3/h4-15,18H,17H2,1-3H3,(H,30,32)/b23-15-. The van der Waals surface area contributed by atoms with Crippen LogP contribution in [0.3, 0.4) is 0 Å². The molecule has 3 aromatic carbocycles. The minimum atomic E-state index is -0.407. The van der Waals surface area contributed by atoms with Crippen molar-refractivity contribution in [1.82, 2.24) is 4.57 Å². The van der Waals surface area contributed by atoms with E-state index in [0.717, 1.165) is 27.6 Å². The highest BCUT2D eigenvalue weighted by Gasteiger charge is 2.14. The van der Waals surface area contributed by atoms with E-state index < -0.39 is 5.91 Å². The van der Waals surface area contributed by atoms with Crippen molar-refractivity contribution in [3.63, 3.8) is 0 Å². The molecule has 0 fully saturated rings. The summed E-state index contributed by atoms with van der Waals surface area (Å²) in [5.41, 5.74) is 7.20. The van der Waals surface area contributed by atoms with E-state index >= 15 is 0 Å². The number of benzene rings is 3. The third-order valence-electron chi connectivity index (χ3n) is 5.55. The predicted molar refractivity (Wildman–Crippen MR) is 130 cm³/mol. The van der Waals surface area contributed by atoms with Crippen LogP contribution >= 0.6 is 0 Å². The lowest BCUT2D eigenvalue weighted by Crippen LogP contribution is -2.14. The van der Waals surface area contributed by atoms with E-state index in [9.17, 15) is 10.1 Å². The molecule has 0 bridgehead atoms. The van der Waals surface area contributed by atoms with Crippen molar-refractivity contribution in [1.29, 1.82) is 5.26 Å². The van der Waals surface area contributed by atoms with Crippen LogP contribution in [-0.4, -0.2) is 10.5 Å². The Kier molecular flexibility index (Phi) is 5.91. The van der Waals surface area contributed by atoms with Crippen LogP contribution in [-0.2, 0) is 11.3 Å². The molecule has 4 nitrogen and oxygen atoms in total. The largest absolute Gasteiger partial charge is 0.342 e. The van der Waals surface area contributed by atoms with Gasteiger partial charge in [-0.15, -0.1) is 0 Å². The van der Waals surface area contributed by atoms with Gasteiger partial charge in [-0.1, -0.05) is 65.7 Å². The molecule has 0 unspecified atom stereocenters. The summed E-state index contributed by atoms with van der Waals surface area (Å²) in [5.74, 6) is -0.407. The van der Waals surface area contributed by atoms with Gasteiger partial charge in [0.2, 0.25) is 0 Å². The maximum Gasteiger partial charge on any atom is 0.266 e. The number of fused-ring (bicyclic) bond motifs is 1. The Hall–Kier alpha value is -4.10. The van der Waals surface area contributed by atoms with Gasteiger partial charge in [-0.05, 0) is 50.1 Å². The molecule has 0 saturated heterocycles. The molecule has 0 atom stereocenters. The number of amides is 1. The first-order valence-corrected chi connectivity index (χ1v) is 10.6. The summed E-state index contributed by atoms with van der Waals surface area (Å²) in [4.78, 5) is 12.8. The molecule has 0 aliphatic heterocycles. The molecule has 1 aromatic heterocycles. The fraction of sp³-hybridized carbons (Fsp3) is 0.143. The first kappa shape index (κ1) is 21.1. The van der Waals surface area contributed by atoms with Crippen LogP contribution in [0.1, 0.15) is 27.8 Å². The van der Waals surface area contributed by atoms with Gasteiger partial charge in [-0.3, -0.25) is 4.79 Å². The van der Waals surface area contributed by atoms with Gasteiger partial charge in [-0.2, -0.15) is 5.26 Å². The second kappa shape index (κ2) is 8.95. The van der Waals surface area contributed by atoms with Gasteiger partial charge in [0.15, 0.2) is 0 Å². The number of nitriles is 1. The maximum absolute atomic E-state index is 12.8. The van der Waals surface area contributed by atoms with Gasteiger partial charge in [0.25, 0.3) is 5.91 Å². The van der Waals surface area contributed by atoms with E-state index in [1.165, 1.54) is 11.1 Å². The fourth-order valence-corrected chi connectivity index (χ4v) is 3.98. The monoisotopic (exact) mass is 419 g/mol. The molecule has 4 heteroatoms. The highest BCUT2D eigenvalue weighted by Crippen LogP contribution is 2.25. The summed E-state index contributed by atoms with van der Waals surface area (Å²) >= 11 is 0. The number of nitrogens with zero attached hydrogens (tertiary/aromatic N) is 2. The van der Waals surface area contributed by atoms with Gasteiger partial charge in [0, 0.05) is 34.9 Å². The zero-order chi connectivity index (χ0) is 22.7. The highest BCUT2D eigenvalue weighted by atomic mass is 16.1. The minimum absolute atomic E-state index is 0.0726. The number of aromatic nitrogens is 1. The van der Waals surface area contributed by atoms with Crippen molar-refractivity contribution in [2.45, 2.75) is 27.3 Å². The summed E-state index contributed by atoms with van der Waals surface area (Å²) in [6.45, 7) is 6.74. The molecule has 32 heavy (non-hydrogen) atoms. The second-order valence-corrected chi connectivity index (χ2v) is 8.16. The summed E-state index contributed by atoms with van der Waals surface area (Å²) in [6.07, 6.45) is 3.68. The Bertz CT molecular complexity index is 1390. The Morgan fingerprint density at radius 3 is 2.53 bits per heavy atom. The third kappa shape index (κ3) is 4.48. The number of hydrogen-bond acceptors (Lipinski definition) is 2. The number of hydrogen-bond donors (Lipinski definition) is 1. The molecule has 0 spiro atoms. The summed E-state index contributed by atoms with van der Waals surface area (Å²) in [7, 11) is 0. The highest BCUT2D eigenvalue weighted by molar-refractivity contribution is 6.11. The molecule has 1 amide bonds. The van der Waals surface area contributed by atoms with Crippen molar-refractivity contribution in [2.24, 2.45) is 0 Å². The predicted octanol–water partition coefficient (Wildman–Crippen LogP) is 6.16. The Labute approximate surface area is 188 Å². The molecule has 1 N–H and O–H groups in total. The number of carbonyl (C=O) groups is 1. The average molecular weight is 420 g/mol. The number of para-hydroxylation sites is 1. The molecule has 0 saturated carbocycles. The van der Waals surface area contributed by atoms with Crippen LogP contribution in [0.25, 0.3) is 17.0 Å². The Morgan fingerprint density at radius 1 is 1.00 bits per heavy atom. The van der Waals surface area contributed by atoms with Gasteiger partial charge >= 0.3 is 0 Å². The van der Waals surface area contributed by atoms with Crippen LogP contribution < -0.4 is 5.32 Å². The number of carbonyl (C=O) groups excluding carboxylic acids is 1. The minimum Gasteiger partial charge on any atom is -0.342 e. The lowest BCUT2D eigenvalue weighted by Gasteiger charge is -2.08. The van der Waals surface area contributed by atoms with Crippen LogP contribution in [0, 0.1) is 32.1 Å². The summed E-state index contributed by atoms with van der Waals surface area (Å²) < 4.78 is 2.16.